The lowest BCUT2D eigenvalue weighted by molar-refractivity contribution is -0.132. The molecule has 2 saturated heterocycles. The van der Waals surface area contributed by atoms with E-state index in [0.717, 1.165) is 49.4 Å². The van der Waals surface area contributed by atoms with E-state index in [2.05, 4.69) is 25.2 Å². The standard InChI is InChI=1S/C19H23N5O2/c1-13-16(24-10-7-19(11-24)6-4-9-21-18(19)25)22-12-23-17(13)26-15-5-3-8-20-14(15)2/h3,5,8,12H,4,6-7,9-11H2,1-2H3,(H,21,25)/t19-/m1/s1. The molecule has 26 heavy (non-hydrogen) atoms. The second-order valence-corrected chi connectivity index (χ2v) is 7.13. The van der Waals surface area contributed by atoms with Gasteiger partial charge < -0.3 is 15.0 Å². The first-order valence-corrected chi connectivity index (χ1v) is 9.03. The number of carbonyl (C=O) groups excluding carboxylic acids is 1. The minimum absolute atomic E-state index is 0.181. The number of aromatic nitrogens is 3. The fourth-order valence-electron chi connectivity index (χ4n) is 3.90. The highest BCUT2D eigenvalue weighted by Crippen LogP contribution is 2.40. The van der Waals surface area contributed by atoms with E-state index < -0.39 is 0 Å². The molecule has 4 rings (SSSR count). The Balaban J connectivity index is 1.59. The van der Waals surface area contributed by atoms with Crippen LogP contribution in [0.2, 0.25) is 0 Å². The Bertz CT molecular complexity index is 840. The van der Waals surface area contributed by atoms with Crippen molar-refractivity contribution < 1.29 is 9.53 Å². The van der Waals surface area contributed by atoms with E-state index in [9.17, 15) is 4.79 Å². The molecule has 2 aliphatic heterocycles. The first-order valence-electron chi connectivity index (χ1n) is 9.03. The molecule has 1 spiro atoms. The van der Waals surface area contributed by atoms with Crippen LogP contribution in [0.15, 0.2) is 24.7 Å². The predicted octanol–water partition coefficient (Wildman–Crippen LogP) is 2.39. The average molecular weight is 353 g/mol. The topological polar surface area (TPSA) is 80.2 Å². The van der Waals surface area contributed by atoms with E-state index in [4.69, 9.17) is 4.74 Å². The summed E-state index contributed by atoms with van der Waals surface area (Å²) in [6, 6.07) is 3.71. The predicted molar refractivity (Wildman–Crippen MR) is 97.3 cm³/mol. The summed E-state index contributed by atoms with van der Waals surface area (Å²) < 4.78 is 5.98. The molecule has 1 atom stereocenters. The first kappa shape index (κ1) is 16.8. The number of amides is 1. The maximum Gasteiger partial charge on any atom is 0.228 e. The Morgan fingerprint density at radius 2 is 2.12 bits per heavy atom. The van der Waals surface area contributed by atoms with Crippen LogP contribution in [0.25, 0.3) is 0 Å². The number of nitrogens with one attached hydrogen (secondary N) is 1. The Kier molecular flexibility index (Phi) is 4.22. The molecule has 0 bridgehead atoms. The van der Waals surface area contributed by atoms with Gasteiger partial charge in [0.1, 0.15) is 12.1 Å². The lowest BCUT2D eigenvalue weighted by Gasteiger charge is -2.32. The third-order valence-corrected chi connectivity index (χ3v) is 5.43. The van der Waals surface area contributed by atoms with Crippen LogP contribution in [-0.2, 0) is 4.79 Å². The van der Waals surface area contributed by atoms with E-state index in [-0.39, 0.29) is 11.3 Å². The molecule has 0 aliphatic carbocycles. The van der Waals surface area contributed by atoms with Gasteiger partial charge in [0.15, 0.2) is 5.75 Å². The van der Waals surface area contributed by atoms with E-state index in [1.807, 2.05) is 26.0 Å². The van der Waals surface area contributed by atoms with Crippen LogP contribution < -0.4 is 15.0 Å². The lowest BCUT2D eigenvalue weighted by Crippen LogP contribution is -2.47. The van der Waals surface area contributed by atoms with Gasteiger partial charge in [0.05, 0.1) is 16.7 Å². The highest BCUT2D eigenvalue weighted by atomic mass is 16.5. The van der Waals surface area contributed by atoms with Gasteiger partial charge in [0.25, 0.3) is 0 Å². The van der Waals surface area contributed by atoms with Crippen molar-refractivity contribution in [3.05, 3.63) is 35.9 Å². The van der Waals surface area contributed by atoms with Gasteiger partial charge >= 0.3 is 0 Å². The molecular formula is C19H23N5O2. The molecule has 2 fully saturated rings. The Hall–Kier alpha value is -2.70. The summed E-state index contributed by atoms with van der Waals surface area (Å²) in [5, 5.41) is 3.02. The number of anilines is 1. The van der Waals surface area contributed by atoms with Crippen LogP contribution in [-0.4, -0.2) is 40.5 Å². The quantitative estimate of drug-likeness (QED) is 0.913. The van der Waals surface area contributed by atoms with Crippen LogP contribution in [0.5, 0.6) is 11.6 Å². The summed E-state index contributed by atoms with van der Waals surface area (Å²) in [7, 11) is 0. The highest BCUT2D eigenvalue weighted by molar-refractivity contribution is 5.84. The molecule has 7 nitrogen and oxygen atoms in total. The molecular weight excluding hydrogens is 330 g/mol. The summed E-state index contributed by atoms with van der Waals surface area (Å²) in [5.41, 5.74) is 1.41. The van der Waals surface area contributed by atoms with E-state index >= 15 is 0 Å². The van der Waals surface area contributed by atoms with Crippen LogP contribution in [0.1, 0.15) is 30.5 Å². The van der Waals surface area contributed by atoms with Crippen molar-refractivity contribution in [2.45, 2.75) is 33.1 Å². The van der Waals surface area contributed by atoms with E-state index in [0.29, 0.717) is 18.2 Å². The number of ether oxygens (including phenoxy) is 1. The molecule has 2 aliphatic rings. The zero-order valence-electron chi connectivity index (χ0n) is 15.2. The zero-order chi connectivity index (χ0) is 18.1. The third-order valence-electron chi connectivity index (χ3n) is 5.43. The third kappa shape index (κ3) is 2.87. The zero-order valence-corrected chi connectivity index (χ0v) is 15.2. The summed E-state index contributed by atoms with van der Waals surface area (Å²) in [4.78, 5) is 27.6. The van der Waals surface area contributed by atoms with Gasteiger partial charge in [-0.25, -0.2) is 9.97 Å². The number of rotatable bonds is 3. The van der Waals surface area contributed by atoms with Gasteiger partial charge in [0.2, 0.25) is 11.8 Å². The van der Waals surface area contributed by atoms with Crippen molar-refractivity contribution in [2.75, 3.05) is 24.5 Å². The monoisotopic (exact) mass is 353 g/mol. The molecule has 2 aromatic heterocycles. The summed E-state index contributed by atoms with van der Waals surface area (Å²) >= 11 is 0. The molecule has 4 heterocycles. The molecule has 7 heteroatoms. The van der Waals surface area contributed by atoms with Crippen molar-refractivity contribution in [1.29, 1.82) is 0 Å². The van der Waals surface area contributed by atoms with Gasteiger partial charge in [-0.3, -0.25) is 9.78 Å². The average Bonchev–Trinajstić information content (AvgIpc) is 3.06. The van der Waals surface area contributed by atoms with Gasteiger partial charge in [-0.05, 0) is 45.2 Å². The summed E-state index contributed by atoms with van der Waals surface area (Å²) in [5.74, 6) is 2.23. The minimum Gasteiger partial charge on any atom is -0.437 e. The van der Waals surface area contributed by atoms with Crippen molar-refractivity contribution in [1.82, 2.24) is 20.3 Å². The first-order chi connectivity index (χ1) is 12.6. The fraction of sp³-hybridized carbons (Fsp3) is 0.474. The minimum atomic E-state index is -0.281. The maximum absolute atomic E-state index is 12.4. The van der Waals surface area contributed by atoms with Crippen LogP contribution >= 0.6 is 0 Å². The Morgan fingerprint density at radius 3 is 2.92 bits per heavy atom. The number of piperidine rings is 1. The van der Waals surface area contributed by atoms with Crippen LogP contribution in [0.4, 0.5) is 5.82 Å². The Labute approximate surface area is 152 Å². The second kappa shape index (κ2) is 6.55. The smallest absolute Gasteiger partial charge is 0.228 e. The van der Waals surface area contributed by atoms with Gasteiger partial charge in [-0.2, -0.15) is 0 Å². The van der Waals surface area contributed by atoms with Gasteiger partial charge in [0, 0.05) is 25.8 Å². The molecule has 0 aromatic carbocycles. The number of hydrogen-bond acceptors (Lipinski definition) is 6. The normalized spacial score (nSPS) is 22.5. The number of hydrogen-bond donors (Lipinski definition) is 1. The van der Waals surface area contributed by atoms with Crippen molar-refractivity contribution >= 4 is 11.7 Å². The lowest BCUT2D eigenvalue weighted by atomic mass is 9.79. The number of aryl methyl sites for hydroxylation is 1. The largest absolute Gasteiger partial charge is 0.437 e. The molecule has 0 saturated carbocycles. The van der Waals surface area contributed by atoms with Gasteiger partial charge in [-0.15, -0.1) is 0 Å². The number of nitrogens with zero attached hydrogens (tertiary/aromatic N) is 4. The molecule has 1 amide bonds. The van der Waals surface area contributed by atoms with E-state index in [1.54, 1.807) is 6.20 Å². The Morgan fingerprint density at radius 1 is 1.23 bits per heavy atom. The highest BCUT2D eigenvalue weighted by Gasteiger charge is 2.46. The molecule has 2 aromatic rings. The number of carbonyl (C=O) groups is 1. The molecule has 0 radical (unpaired) electrons. The molecule has 1 N–H and O–H groups in total. The van der Waals surface area contributed by atoms with Crippen molar-refractivity contribution in [2.24, 2.45) is 5.41 Å². The maximum atomic E-state index is 12.4. The second-order valence-electron chi connectivity index (χ2n) is 7.13. The summed E-state index contributed by atoms with van der Waals surface area (Å²) in [6.07, 6.45) is 6.10. The molecule has 136 valence electrons. The fourth-order valence-corrected chi connectivity index (χ4v) is 3.90. The van der Waals surface area contributed by atoms with Crippen LogP contribution in [0.3, 0.4) is 0 Å². The van der Waals surface area contributed by atoms with Gasteiger partial charge in [-0.1, -0.05) is 0 Å². The SMILES string of the molecule is Cc1ncccc1Oc1ncnc(N2CC[C@]3(CCCNC3=O)C2)c1C. The number of pyridine rings is 1. The van der Waals surface area contributed by atoms with Crippen molar-refractivity contribution in [3.63, 3.8) is 0 Å². The summed E-state index contributed by atoms with van der Waals surface area (Å²) in [6.45, 7) is 6.16. The van der Waals surface area contributed by atoms with E-state index in [1.165, 1.54) is 6.33 Å². The molecule has 0 unspecified atom stereocenters. The van der Waals surface area contributed by atoms with Crippen LogP contribution in [0, 0.1) is 19.3 Å². The van der Waals surface area contributed by atoms with Crippen molar-refractivity contribution in [3.8, 4) is 11.6 Å².